The molecule has 10 heteroatoms. The number of anilines is 1. The lowest BCUT2D eigenvalue weighted by atomic mass is 10.2. The van der Waals surface area contributed by atoms with Crippen LogP contribution in [0.15, 0.2) is 47.4 Å². The lowest BCUT2D eigenvalue weighted by Gasteiger charge is -2.18. The minimum absolute atomic E-state index is 0.0500. The number of nitrogens with one attached hydrogen (secondary N) is 1. The van der Waals surface area contributed by atoms with Crippen molar-refractivity contribution in [3.8, 4) is 0 Å². The van der Waals surface area contributed by atoms with E-state index in [4.69, 9.17) is 0 Å². The van der Waals surface area contributed by atoms with Crippen LogP contribution in [0.3, 0.4) is 0 Å². The molecule has 0 saturated heterocycles. The van der Waals surface area contributed by atoms with E-state index in [1.165, 1.54) is 24.3 Å². The van der Waals surface area contributed by atoms with Gasteiger partial charge < -0.3 is 4.90 Å². The number of alkyl halides is 3. The molecular formula is C18H18F4N2O3S. The van der Waals surface area contributed by atoms with Gasteiger partial charge in [0.05, 0.1) is 10.5 Å². The molecule has 0 bridgehead atoms. The van der Waals surface area contributed by atoms with Crippen molar-refractivity contribution in [3.63, 3.8) is 0 Å². The number of hydrogen-bond donors (Lipinski definition) is 1. The van der Waals surface area contributed by atoms with Crippen molar-refractivity contribution in [2.75, 3.05) is 17.8 Å². The zero-order chi connectivity index (χ0) is 21.1. The Morgan fingerprint density at radius 3 is 2.11 bits per heavy atom. The van der Waals surface area contributed by atoms with Gasteiger partial charge in [-0.05, 0) is 56.3 Å². The van der Waals surface area contributed by atoms with E-state index in [0.29, 0.717) is 24.7 Å². The summed E-state index contributed by atoms with van der Waals surface area (Å²) in [4.78, 5) is 13.1. The van der Waals surface area contributed by atoms with Gasteiger partial charge in [0.2, 0.25) is 0 Å². The van der Waals surface area contributed by atoms with Crippen LogP contribution in [0.5, 0.6) is 0 Å². The Kier molecular flexibility index (Phi) is 6.33. The Morgan fingerprint density at radius 1 is 1.04 bits per heavy atom. The van der Waals surface area contributed by atoms with E-state index in [-0.39, 0.29) is 17.7 Å². The summed E-state index contributed by atoms with van der Waals surface area (Å²) in [6, 6.07) is 6.88. The van der Waals surface area contributed by atoms with Gasteiger partial charge in [0, 0.05) is 24.3 Å². The lowest BCUT2D eigenvalue weighted by Crippen LogP contribution is -2.30. The molecule has 0 radical (unpaired) electrons. The average molecular weight is 418 g/mol. The maximum atomic E-state index is 13.4. The third kappa shape index (κ3) is 4.80. The van der Waals surface area contributed by atoms with Gasteiger partial charge in [0.1, 0.15) is 5.82 Å². The molecule has 1 N–H and O–H groups in total. The molecule has 0 spiro atoms. The minimum Gasteiger partial charge on any atom is -0.339 e. The molecule has 0 unspecified atom stereocenters. The quantitative estimate of drug-likeness (QED) is 0.718. The van der Waals surface area contributed by atoms with Gasteiger partial charge >= 0.3 is 6.18 Å². The molecule has 0 fully saturated rings. The molecule has 152 valence electrons. The number of carbonyl (C=O) groups is 1. The summed E-state index contributed by atoms with van der Waals surface area (Å²) >= 11 is 0. The zero-order valence-electron chi connectivity index (χ0n) is 15.0. The monoisotopic (exact) mass is 418 g/mol. The van der Waals surface area contributed by atoms with Crippen molar-refractivity contribution < 1.29 is 30.8 Å². The van der Waals surface area contributed by atoms with Gasteiger partial charge in [0.25, 0.3) is 15.9 Å². The molecule has 1 amide bonds. The van der Waals surface area contributed by atoms with Crippen LogP contribution in [0.1, 0.15) is 29.8 Å². The number of halogens is 4. The third-order valence-electron chi connectivity index (χ3n) is 3.99. The van der Waals surface area contributed by atoms with Crippen LogP contribution in [0, 0.1) is 5.82 Å². The molecule has 0 aliphatic carbocycles. The summed E-state index contributed by atoms with van der Waals surface area (Å²) in [5.41, 5.74) is -1.28. The Hall–Kier alpha value is -2.62. The van der Waals surface area contributed by atoms with Crippen LogP contribution in [0.2, 0.25) is 0 Å². The van der Waals surface area contributed by atoms with Crippen molar-refractivity contribution in [1.29, 1.82) is 0 Å². The SMILES string of the molecule is CCN(CC)C(=O)c1ccc(NS(=O)(=O)c2ccc(F)c(C(F)(F)F)c2)cc1. The van der Waals surface area contributed by atoms with E-state index in [1.54, 1.807) is 4.90 Å². The van der Waals surface area contributed by atoms with Gasteiger partial charge in [-0.15, -0.1) is 0 Å². The highest BCUT2D eigenvalue weighted by Gasteiger charge is 2.35. The summed E-state index contributed by atoms with van der Waals surface area (Å²) in [6.07, 6.45) is -5.03. The molecule has 0 aliphatic rings. The van der Waals surface area contributed by atoms with Crippen LogP contribution < -0.4 is 4.72 Å². The van der Waals surface area contributed by atoms with Crippen molar-refractivity contribution in [2.45, 2.75) is 24.9 Å². The first-order chi connectivity index (χ1) is 13.0. The topological polar surface area (TPSA) is 66.5 Å². The van der Waals surface area contributed by atoms with Crippen molar-refractivity contribution in [1.82, 2.24) is 4.90 Å². The maximum Gasteiger partial charge on any atom is 0.419 e. The van der Waals surface area contributed by atoms with Crippen LogP contribution in [0.25, 0.3) is 0 Å². The predicted molar refractivity (Wildman–Crippen MR) is 95.9 cm³/mol. The van der Waals surface area contributed by atoms with Crippen LogP contribution in [0.4, 0.5) is 23.2 Å². The Labute approximate surface area is 160 Å². The number of rotatable bonds is 6. The average Bonchev–Trinajstić information content (AvgIpc) is 2.62. The van der Waals surface area contributed by atoms with Crippen molar-refractivity contribution in [3.05, 3.63) is 59.4 Å². The van der Waals surface area contributed by atoms with E-state index in [9.17, 15) is 30.8 Å². The molecule has 2 aromatic rings. The fraction of sp³-hybridized carbons (Fsp3) is 0.278. The smallest absolute Gasteiger partial charge is 0.339 e. The Balaban J connectivity index is 2.27. The standard InChI is InChI=1S/C18H18F4N2O3S/c1-3-24(4-2)17(25)12-5-7-13(8-6-12)23-28(26,27)14-9-10-16(19)15(11-14)18(20,21)22/h5-11,23H,3-4H2,1-2H3. The fourth-order valence-corrected chi connectivity index (χ4v) is 3.56. The number of hydrogen-bond acceptors (Lipinski definition) is 3. The van der Waals surface area contributed by atoms with Gasteiger partial charge in [-0.25, -0.2) is 12.8 Å². The molecular weight excluding hydrogens is 400 g/mol. The molecule has 0 heterocycles. The van der Waals surface area contributed by atoms with Crippen LogP contribution in [-0.4, -0.2) is 32.3 Å². The number of benzene rings is 2. The first-order valence-corrected chi connectivity index (χ1v) is 9.76. The summed E-state index contributed by atoms with van der Waals surface area (Å²) in [7, 11) is -4.38. The van der Waals surface area contributed by atoms with Gasteiger partial charge in [-0.1, -0.05) is 0 Å². The second-order valence-corrected chi connectivity index (χ2v) is 7.48. The lowest BCUT2D eigenvalue weighted by molar-refractivity contribution is -0.140. The van der Waals surface area contributed by atoms with Crippen molar-refractivity contribution >= 4 is 21.6 Å². The Morgan fingerprint density at radius 2 is 1.61 bits per heavy atom. The summed E-state index contributed by atoms with van der Waals surface area (Å²) in [5, 5.41) is 0. The van der Waals surface area contributed by atoms with E-state index >= 15 is 0 Å². The highest BCUT2D eigenvalue weighted by atomic mass is 32.2. The second kappa shape index (κ2) is 8.17. The zero-order valence-corrected chi connectivity index (χ0v) is 15.9. The fourth-order valence-electron chi connectivity index (χ4n) is 2.48. The first kappa shape index (κ1) is 21.7. The molecule has 0 aliphatic heterocycles. The number of amides is 1. The van der Waals surface area contributed by atoms with E-state index in [1.807, 2.05) is 13.8 Å². The molecule has 0 atom stereocenters. The minimum atomic E-state index is -5.03. The summed E-state index contributed by atoms with van der Waals surface area (Å²) in [5.74, 6) is -1.79. The second-order valence-electron chi connectivity index (χ2n) is 5.80. The molecule has 2 rings (SSSR count). The van der Waals surface area contributed by atoms with E-state index in [0.717, 1.165) is 6.07 Å². The molecule has 2 aromatic carbocycles. The normalized spacial score (nSPS) is 11.9. The maximum absolute atomic E-state index is 13.4. The first-order valence-electron chi connectivity index (χ1n) is 8.28. The van der Waals surface area contributed by atoms with Gasteiger partial charge in [-0.3, -0.25) is 9.52 Å². The molecule has 5 nitrogen and oxygen atoms in total. The van der Waals surface area contributed by atoms with Gasteiger partial charge in [0.15, 0.2) is 0 Å². The van der Waals surface area contributed by atoms with Crippen LogP contribution in [-0.2, 0) is 16.2 Å². The van der Waals surface area contributed by atoms with E-state index in [2.05, 4.69) is 4.72 Å². The highest BCUT2D eigenvalue weighted by molar-refractivity contribution is 7.92. The Bertz CT molecular complexity index is 954. The summed E-state index contributed by atoms with van der Waals surface area (Å²) in [6.45, 7) is 4.66. The molecule has 0 saturated carbocycles. The largest absolute Gasteiger partial charge is 0.419 e. The van der Waals surface area contributed by atoms with E-state index < -0.39 is 32.5 Å². The number of sulfonamides is 1. The third-order valence-corrected chi connectivity index (χ3v) is 5.37. The number of carbonyl (C=O) groups excluding carboxylic acids is 1. The molecule has 0 aromatic heterocycles. The van der Waals surface area contributed by atoms with Crippen molar-refractivity contribution in [2.24, 2.45) is 0 Å². The summed E-state index contributed by atoms with van der Waals surface area (Å²) < 4.78 is 78.5. The molecule has 28 heavy (non-hydrogen) atoms. The highest BCUT2D eigenvalue weighted by Crippen LogP contribution is 2.33. The van der Waals surface area contributed by atoms with Crippen LogP contribution >= 0.6 is 0 Å². The number of nitrogens with zero attached hydrogens (tertiary/aromatic N) is 1. The predicted octanol–water partition coefficient (Wildman–Crippen LogP) is 4.13. The van der Waals surface area contributed by atoms with Gasteiger partial charge in [-0.2, -0.15) is 13.2 Å².